The number of hydrogen-bond donors (Lipinski definition) is 0. The first-order valence-electron chi connectivity index (χ1n) is 5.67. The molecule has 86 valence electrons. The second-order valence-corrected chi connectivity index (χ2v) is 4.07. The van der Waals surface area contributed by atoms with Crippen molar-refractivity contribution in [3.05, 3.63) is 0 Å². The lowest BCUT2D eigenvalue weighted by Gasteiger charge is -2.32. The van der Waals surface area contributed by atoms with E-state index in [-0.39, 0.29) is 11.9 Å². The summed E-state index contributed by atoms with van der Waals surface area (Å²) >= 11 is 0. The van der Waals surface area contributed by atoms with E-state index < -0.39 is 5.41 Å². The van der Waals surface area contributed by atoms with E-state index in [0.717, 1.165) is 6.42 Å². The van der Waals surface area contributed by atoms with Gasteiger partial charge in [0.05, 0.1) is 6.07 Å². The molecule has 0 aromatic carbocycles. The van der Waals surface area contributed by atoms with E-state index in [4.69, 9.17) is 5.26 Å². The highest BCUT2D eigenvalue weighted by Crippen LogP contribution is 2.28. The average Bonchev–Trinajstić information content (AvgIpc) is 2.29. The molecule has 0 bridgehead atoms. The van der Waals surface area contributed by atoms with Gasteiger partial charge in [-0.15, -0.1) is 0 Å². The van der Waals surface area contributed by atoms with E-state index >= 15 is 0 Å². The second-order valence-electron chi connectivity index (χ2n) is 4.07. The number of amides is 1. The molecule has 1 unspecified atom stereocenters. The second kappa shape index (κ2) is 5.75. The predicted molar refractivity (Wildman–Crippen MR) is 61.2 cm³/mol. The van der Waals surface area contributed by atoms with Crippen LogP contribution >= 0.6 is 0 Å². The molecule has 3 heteroatoms. The largest absolute Gasteiger partial charge is 0.342 e. The summed E-state index contributed by atoms with van der Waals surface area (Å²) in [6.07, 6.45) is 2.08. The van der Waals surface area contributed by atoms with Gasteiger partial charge in [-0.3, -0.25) is 4.79 Å². The highest BCUT2D eigenvalue weighted by Gasteiger charge is 2.38. The number of carbonyl (C=O) groups is 1. The summed E-state index contributed by atoms with van der Waals surface area (Å²) in [4.78, 5) is 13.9. The lowest BCUT2D eigenvalue weighted by Crippen LogP contribution is -2.44. The van der Waals surface area contributed by atoms with Crippen molar-refractivity contribution in [3.63, 3.8) is 0 Å². The summed E-state index contributed by atoms with van der Waals surface area (Å²) in [5, 5.41) is 9.15. The monoisotopic (exact) mass is 210 g/mol. The van der Waals surface area contributed by atoms with E-state index in [9.17, 15) is 4.79 Å². The van der Waals surface area contributed by atoms with Gasteiger partial charge >= 0.3 is 0 Å². The standard InChI is InChI=1S/C12H22N2O/c1-6-10(4)14(5)11(15)12(7-2,8-3)9-13/h10H,6-8H2,1-5H3. The van der Waals surface area contributed by atoms with Gasteiger partial charge in [-0.2, -0.15) is 5.26 Å². The zero-order chi connectivity index (χ0) is 12.1. The SMILES string of the molecule is CCC(C)N(C)C(=O)C(C#N)(CC)CC. The molecule has 0 spiro atoms. The van der Waals surface area contributed by atoms with Crippen LogP contribution in [0.3, 0.4) is 0 Å². The fourth-order valence-electron chi connectivity index (χ4n) is 1.57. The third kappa shape index (κ3) is 2.71. The van der Waals surface area contributed by atoms with Gasteiger partial charge in [0.25, 0.3) is 0 Å². The summed E-state index contributed by atoms with van der Waals surface area (Å²) in [6, 6.07) is 2.38. The highest BCUT2D eigenvalue weighted by atomic mass is 16.2. The van der Waals surface area contributed by atoms with Gasteiger partial charge < -0.3 is 4.90 Å². The van der Waals surface area contributed by atoms with Gasteiger partial charge in [0.1, 0.15) is 5.41 Å². The highest BCUT2D eigenvalue weighted by molar-refractivity contribution is 5.85. The summed E-state index contributed by atoms with van der Waals surface area (Å²) in [5.74, 6) is -0.0376. The van der Waals surface area contributed by atoms with Crippen LogP contribution in [0.25, 0.3) is 0 Å². The fourth-order valence-corrected chi connectivity index (χ4v) is 1.57. The molecule has 0 fully saturated rings. The summed E-state index contributed by atoms with van der Waals surface area (Å²) in [6.45, 7) is 7.84. The van der Waals surface area contributed by atoms with Crippen LogP contribution < -0.4 is 0 Å². The van der Waals surface area contributed by atoms with E-state index in [2.05, 4.69) is 6.07 Å². The molecule has 15 heavy (non-hydrogen) atoms. The number of nitrogens with zero attached hydrogens (tertiary/aromatic N) is 2. The smallest absolute Gasteiger partial charge is 0.243 e. The molecule has 3 nitrogen and oxygen atoms in total. The Balaban J connectivity index is 4.89. The van der Waals surface area contributed by atoms with Crippen LogP contribution in [0.1, 0.15) is 47.0 Å². The Morgan fingerprint density at radius 1 is 1.40 bits per heavy atom. The van der Waals surface area contributed by atoms with Crippen LogP contribution in [0.5, 0.6) is 0 Å². The molecule has 0 aromatic heterocycles. The van der Waals surface area contributed by atoms with Crippen LogP contribution in [-0.2, 0) is 4.79 Å². The third-order valence-corrected chi connectivity index (χ3v) is 3.40. The Labute approximate surface area is 93.1 Å². The first kappa shape index (κ1) is 14.0. The van der Waals surface area contributed by atoms with Crippen molar-refractivity contribution in [1.82, 2.24) is 4.90 Å². The molecule has 1 amide bonds. The van der Waals surface area contributed by atoms with Crippen molar-refractivity contribution in [3.8, 4) is 6.07 Å². The molecule has 0 aliphatic carbocycles. The molecule has 0 heterocycles. The lowest BCUT2D eigenvalue weighted by atomic mass is 9.82. The topological polar surface area (TPSA) is 44.1 Å². The average molecular weight is 210 g/mol. The summed E-state index contributed by atoms with van der Waals surface area (Å²) < 4.78 is 0. The minimum Gasteiger partial charge on any atom is -0.342 e. The van der Waals surface area contributed by atoms with E-state index in [0.29, 0.717) is 12.8 Å². The van der Waals surface area contributed by atoms with Crippen molar-refractivity contribution < 1.29 is 4.79 Å². The van der Waals surface area contributed by atoms with Crippen LogP contribution in [0.4, 0.5) is 0 Å². The number of rotatable bonds is 5. The van der Waals surface area contributed by atoms with E-state index in [1.807, 2.05) is 27.7 Å². The first-order chi connectivity index (χ1) is 6.98. The number of hydrogen-bond acceptors (Lipinski definition) is 2. The van der Waals surface area contributed by atoms with Gasteiger partial charge in [-0.25, -0.2) is 0 Å². The minimum atomic E-state index is -0.821. The molecule has 0 N–H and O–H groups in total. The van der Waals surface area contributed by atoms with Gasteiger partial charge in [0.15, 0.2) is 0 Å². The summed E-state index contributed by atoms with van der Waals surface area (Å²) in [5.41, 5.74) is -0.821. The van der Waals surface area contributed by atoms with Crippen molar-refractivity contribution in [2.75, 3.05) is 7.05 Å². The molecule has 0 saturated heterocycles. The zero-order valence-electron chi connectivity index (χ0n) is 10.5. The zero-order valence-corrected chi connectivity index (χ0v) is 10.5. The Morgan fingerprint density at radius 2 is 1.87 bits per heavy atom. The van der Waals surface area contributed by atoms with Crippen LogP contribution in [-0.4, -0.2) is 23.9 Å². The van der Waals surface area contributed by atoms with E-state index in [1.165, 1.54) is 0 Å². The molecular formula is C12H22N2O. The number of carbonyl (C=O) groups excluding carboxylic acids is 1. The summed E-state index contributed by atoms with van der Waals surface area (Å²) in [7, 11) is 1.79. The van der Waals surface area contributed by atoms with Crippen LogP contribution in [0.15, 0.2) is 0 Å². The molecular weight excluding hydrogens is 188 g/mol. The lowest BCUT2D eigenvalue weighted by molar-refractivity contribution is -0.140. The molecule has 0 aromatic rings. The molecule has 1 atom stereocenters. The maximum absolute atomic E-state index is 12.2. The van der Waals surface area contributed by atoms with Crippen molar-refractivity contribution in [1.29, 1.82) is 5.26 Å². The van der Waals surface area contributed by atoms with E-state index in [1.54, 1.807) is 11.9 Å². The maximum Gasteiger partial charge on any atom is 0.243 e. The normalized spacial score (nSPS) is 13.1. The third-order valence-electron chi connectivity index (χ3n) is 3.40. The Hall–Kier alpha value is -1.04. The minimum absolute atomic E-state index is 0.0376. The molecule has 0 aliphatic rings. The fraction of sp³-hybridized carbons (Fsp3) is 0.833. The van der Waals surface area contributed by atoms with Crippen LogP contribution in [0, 0.1) is 16.7 Å². The molecule has 0 saturated carbocycles. The van der Waals surface area contributed by atoms with Crippen molar-refractivity contribution in [2.24, 2.45) is 5.41 Å². The maximum atomic E-state index is 12.2. The first-order valence-corrected chi connectivity index (χ1v) is 5.67. The number of nitriles is 1. The van der Waals surface area contributed by atoms with Crippen molar-refractivity contribution in [2.45, 2.75) is 53.0 Å². The molecule has 0 aliphatic heterocycles. The van der Waals surface area contributed by atoms with Crippen LogP contribution in [0.2, 0.25) is 0 Å². The quantitative estimate of drug-likeness (QED) is 0.700. The van der Waals surface area contributed by atoms with Crippen molar-refractivity contribution >= 4 is 5.91 Å². The Bertz CT molecular complexity index is 251. The van der Waals surface area contributed by atoms with Gasteiger partial charge in [0, 0.05) is 13.1 Å². The van der Waals surface area contributed by atoms with Gasteiger partial charge in [0.2, 0.25) is 5.91 Å². The predicted octanol–water partition coefficient (Wildman–Crippen LogP) is 2.57. The Morgan fingerprint density at radius 3 is 2.13 bits per heavy atom. The Kier molecular flexibility index (Phi) is 5.35. The molecule has 0 radical (unpaired) electrons. The van der Waals surface area contributed by atoms with Gasteiger partial charge in [-0.05, 0) is 26.2 Å². The van der Waals surface area contributed by atoms with Gasteiger partial charge in [-0.1, -0.05) is 20.8 Å². The molecule has 0 rings (SSSR count).